The van der Waals surface area contributed by atoms with Crippen molar-refractivity contribution in [3.05, 3.63) is 140 Å². The summed E-state index contributed by atoms with van der Waals surface area (Å²) in [6.45, 7) is 0. The number of rotatable bonds is 8. The van der Waals surface area contributed by atoms with Gasteiger partial charge in [-0.1, -0.05) is 115 Å². The SMILES string of the molecule is c1ccc([Si]([O][Al][O]c2ccccc2-c2nc3ccccc3o2)(c2ccccc2)c2ccccc2)cc1. The van der Waals surface area contributed by atoms with Crippen molar-refractivity contribution in [1.82, 2.24) is 4.98 Å². The van der Waals surface area contributed by atoms with Crippen molar-refractivity contribution in [1.29, 1.82) is 0 Å². The van der Waals surface area contributed by atoms with Gasteiger partial charge >= 0.3 is 15.9 Å². The van der Waals surface area contributed by atoms with E-state index in [1.165, 1.54) is 15.6 Å². The van der Waals surface area contributed by atoms with E-state index in [9.17, 15) is 0 Å². The van der Waals surface area contributed by atoms with Crippen LogP contribution in [0.15, 0.2) is 144 Å². The van der Waals surface area contributed by atoms with E-state index in [2.05, 4.69) is 77.8 Å². The van der Waals surface area contributed by atoms with Crippen LogP contribution in [0.2, 0.25) is 0 Å². The average molecular weight is 513 g/mol. The van der Waals surface area contributed by atoms with Gasteiger partial charge in [-0.15, -0.1) is 0 Å². The summed E-state index contributed by atoms with van der Waals surface area (Å²) in [6, 6.07) is 47.1. The third-order valence-corrected chi connectivity index (χ3v) is 11.9. The second-order valence-electron chi connectivity index (χ2n) is 8.59. The highest BCUT2D eigenvalue weighted by atomic mass is 28.4. The molecular weight excluding hydrogens is 489 g/mol. The van der Waals surface area contributed by atoms with Gasteiger partial charge in [-0.05, 0) is 39.8 Å². The van der Waals surface area contributed by atoms with Gasteiger partial charge in [0.1, 0.15) is 5.52 Å². The molecule has 0 aliphatic carbocycles. The van der Waals surface area contributed by atoms with Gasteiger partial charge in [-0.3, -0.25) is 0 Å². The van der Waals surface area contributed by atoms with E-state index in [-0.39, 0.29) is 0 Å². The molecule has 0 saturated carbocycles. The lowest BCUT2D eigenvalue weighted by Crippen LogP contribution is -2.70. The molecule has 1 heterocycles. The summed E-state index contributed by atoms with van der Waals surface area (Å²) < 4.78 is 19.4. The highest BCUT2D eigenvalue weighted by molar-refractivity contribution is 7.08. The average Bonchev–Trinajstić information content (AvgIpc) is 3.41. The Labute approximate surface area is 223 Å². The van der Waals surface area contributed by atoms with Crippen molar-refractivity contribution in [2.75, 3.05) is 0 Å². The van der Waals surface area contributed by atoms with Crippen LogP contribution >= 0.6 is 0 Å². The molecule has 0 atom stereocenters. The molecule has 6 rings (SSSR count). The maximum atomic E-state index is 6.99. The van der Waals surface area contributed by atoms with Crippen LogP contribution in [-0.2, 0) is 3.48 Å². The van der Waals surface area contributed by atoms with Gasteiger partial charge in [0.05, 0.1) is 11.3 Å². The number of hydrogen-bond acceptors (Lipinski definition) is 4. The highest BCUT2D eigenvalue weighted by Crippen LogP contribution is 2.31. The van der Waals surface area contributed by atoms with E-state index >= 15 is 0 Å². The molecule has 37 heavy (non-hydrogen) atoms. The van der Waals surface area contributed by atoms with Gasteiger partial charge in [0.2, 0.25) is 5.89 Å². The van der Waals surface area contributed by atoms with Crippen LogP contribution < -0.4 is 19.3 Å². The third-order valence-electron chi connectivity index (χ3n) is 6.35. The minimum atomic E-state index is -2.83. The molecule has 1 radical (unpaired) electrons. The molecule has 0 unspecified atom stereocenters. The van der Waals surface area contributed by atoms with Gasteiger partial charge < -0.3 is 11.7 Å². The number of fused-ring (bicyclic) bond motifs is 1. The Morgan fingerprint density at radius 1 is 0.568 bits per heavy atom. The highest BCUT2D eigenvalue weighted by Gasteiger charge is 2.42. The Kier molecular flexibility index (Phi) is 6.72. The summed E-state index contributed by atoms with van der Waals surface area (Å²) in [7, 11) is -2.83. The molecule has 6 heteroatoms. The Balaban J connectivity index is 1.37. The summed E-state index contributed by atoms with van der Waals surface area (Å²) in [4.78, 5) is 4.67. The maximum absolute atomic E-state index is 6.99. The smallest absolute Gasteiger partial charge is 0.626 e. The minimum absolute atomic E-state index is 0.536. The van der Waals surface area contributed by atoms with E-state index in [1.807, 2.05) is 66.7 Å². The largest absolute Gasteiger partial charge is 0.763 e. The van der Waals surface area contributed by atoms with Gasteiger partial charge in [-0.25, -0.2) is 4.98 Å². The zero-order valence-corrected chi connectivity index (χ0v) is 22.2. The van der Waals surface area contributed by atoms with Crippen LogP contribution in [0.25, 0.3) is 22.6 Å². The zero-order valence-electron chi connectivity index (χ0n) is 20.0. The first-order valence-electron chi connectivity index (χ1n) is 12.1. The summed E-state index contributed by atoms with van der Waals surface area (Å²) in [5.74, 6) is 1.23. The Hall–Kier alpha value is -3.92. The van der Waals surface area contributed by atoms with E-state index in [0.29, 0.717) is 11.6 Å². The first-order chi connectivity index (χ1) is 18.3. The van der Waals surface area contributed by atoms with E-state index in [0.717, 1.165) is 16.7 Å². The Bertz CT molecular complexity index is 1480. The summed E-state index contributed by atoms with van der Waals surface area (Å²) in [5, 5.41) is 3.53. The molecule has 0 fully saturated rings. The van der Waals surface area contributed by atoms with Crippen molar-refractivity contribution < 1.29 is 11.7 Å². The van der Waals surface area contributed by atoms with Crippen LogP contribution in [0, 0.1) is 0 Å². The van der Waals surface area contributed by atoms with Crippen molar-refractivity contribution in [2.45, 2.75) is 0 Å². The number of aromatic nitrogens is 1. The fourth-order valence-corrected chi connectivity index (χ4v) is 10.3. The molecule has 1 aromatic heterocycles. The molecule has 6 aromatic rings. The molecule has 177 valence electrons. The fourth-order valence-electron chi connectivity index (χ4n) is 4.60. The number of para-hydroxylation sites is 3. The molecule has 5 aromatic carbocycles. The first-order valence-corrected chi connectivity index (χ1v) is 15.0. The Morgan fingerprint density at radius 3 is 1.68 bits per heavy atom. The predicted molar refractivity (Wildman–Crippen MR) is 151 cm³/mol. The van der Waals surface area contributed by atoms with Crippen molar-refractivity contribution in [2.24, 2.45) is 0 Å². The molecule has 0 bridgehead atoms. The lowest BCUT2D eigenvalue weighted by molar-refractivity contribution is 0.466. The van der Waals surface area contributed by atoms with Gasteiger partial charge in [0.25, 0.3) is 8.32 Å². The van der Waals surface area contributed by atoms with Gasteiger partial charge in [0, 0.05) is 0 Å². The van der Waals surface area contributed by atoms with E-state index < -0.39 is 24.2 Å². The maximum Gasteiger partial charge on any atom is 0.763 e. The topological polar surface area (TPSA) is 44.5 Å². The second-order valence-corrected chi connectivity index (χ2v) is 13.1. The quantitative estimate of drug-likeness (QED) is 0.211. The molecule has 0 spiro atoms. The monoisotopic (exact) mass is 512 g/mol. The van der Waals surface area contributed by atoms with Crippen LogP contribution in [0.3, 0.4) is 0 Å². The standard InChI is InChI=1S/C18H15OSi.C13H9NO2.Al/c19-20(16-10-4-1-5-11-16,17-12-6-2-7-13-17)18-14-8-3-9-15-18;15-11-7-3-1-5-9(11)13-14-10-6-2-4-8-12(10)16-13;/h1-15H;1-8,15H;/q-1;;+2/p-1. The summed E-state index contributed by atoms with van der Waals surface area (Å²) >= 11 is -0.863. The molecular formula is C31H23AlNO3Si. The summed E-state index contributed by atoms with van der Waals surface area (Å²) in [5.41, 5.74) is 2.38. The fraction of sp³-hybridized carbons (Fsp3) is 0. The molecule has 4 nitrogen and oxygen atoms in total. The van der Waals surface area contributed by atoms with Crippen molar-refractivity contribution >= 4 is 50.9 Å². The molecule has 0 aliphatic rings. The predicted octanol–water partition coefficient (Wildman–Crippen LogP) is 5.09. The Morgan fingerprint density at radius 2 is 1.08 bits per heavy atom. The number of hydrogen-bond donors (Lipinski definition) is 0. The van der Waals surface area contributed by atoms with Gasteiger partial charge in [0.15, 0.2) is 5.58 Å². The molecule has 0 N–H and O–H groups in total. The summed E-state index contributed by atoms with van der Waals surface area (Å²) in [6.07, 6.45) is 0. The normalized spacial score (nSPS) is 11.4. The lowest BCUT2D eigenvalue weighted by atomic mass is 10.2. The number of benzene rings is 5. The number of nitrogens with zero attached hydrogens (tertiary/aromatic N) is 1. The van der Waals surface area contributed by atoms with Crippen molar-refractivity contribution in [3.8, 4) is 17.2 Å². The van der Waals surface area contributed by atoms with Crippen LogP contribution in [0.4, 0.5) is 0 Å². The van der Waals surface area contributed by atoms with Crippen LogP contribution in [0.5, 0.6) is 5.75 Å². The molecule has 0 aliphatic heterocycles. The minimum Gasteiger partial charge on any atom is -0.626 e. The number of oxazole rings is 1. The second kappa shape index (κ2) is 10.6. The zero-order chi connectivity index (χ0) is 24.9. The van der Waals surface area contributed by atoms with Crippen LogP contribution in [-0.4, -0.2) is 29.2 Å². The lowest BCUT2D eigenvalue weighted by Gasteiger charge is -2.34. The van der Waals surface area contributed by atoms with E-state index in [4.69, 9.17) is 11.7 Å². The third kappa shape index (κ3) is 4.64. The van der Waals surface area contributed by atoms with E-state index in [1.54, 1.807) is 0 Å². The van der Waals surface area contributed by atoms with Crippen molar-refractivity contribution in [3.63, 3.8) is 0 Å². The molecule has 0 amide bonds. The molecule has 0 saturated heterocycles. The van der Waals surface area contributed by atoms with Crippen LogP contribution in [0.1, 0.15) is 0 Å². The van der Waals surface area contributed by atoms with Gasteiger partial charge in [-0.2, -0.15) is 0 Å². The first kappa shape index (κ1) is 23.5.